The quantitative estimate of drug-likeness (QED) is 0.799. The van der Waals surface area contributed by atoms with Crippen LogP contribution in [-0.2, 0) is 11.8 Å². The monoisotopic (exact) mass is 331 g/mol. The molecule has 8 heteroatoms. The number of hydrogen-bond acceptors (Lipinski definition) is 5. The Labute approximate surface area is 136 Å². The summed E-state index contributed by atoms with van der Waals surface area (Å²) in [7, 11) is 1.91. The second kappa shape index (κ2) is 5.79. The van der Waals surface area contributed by atoms with Crippen LogP contribution in [0.3, 0.4) is 0 Å². The van der Waals surface area contributed by atoms with Gasteiger partial charge in [0.1, 0.15) is 17.7 Å². The van der Waals surface area contributed by atoms with Gasteiger partial charge in [-0.1, -0.05) is 0 Å². The third kappa shape index (κ3) is 2.58. The summed E-state index contributed by atoms with van der Waals surface area (Å²) in [5.74, 6) is -0.560. The molecular weight excluding hydrogens is 316 g/mol. The predicted octanol–water partition coefficient (Wildman–Crippen LogP) is 2.58. The Hall–Kier alpha value is -2.61. The lowest BCUT2D eigenvalue weighted by atomic mass is 10.1. The molecule has 1 fully saturated rings. The summed E-state index contributed by atoms with van der Waals surface area (Å²) in [5.41, 5.74) is 0.606. The van der Waals surface area contributed by atoms with Crippen molar-refractivity contribution in [2.45, 2.75) is 18.6 Å². The van der Waals surface area contributed by atoms with Gasteiger partial charge in [0.25, 0.3) is 0 Å². The highest BCUT2D eigenvalue weighted by molar-refractivity contribution is 5.75. The minimum atomic E-state index is -0.941. The van der Waals surface area contributed by atoms with Crippen molar-refractivity contribution in [3.63, 3.8) is 0 Å². The van der Waals surface area contributed by atoms with Crippen LogP contribution in [0.15, 0.2) is 30.7 Å². The van der Waals surface area contributed by atoms with Gasteiger partial charge >= 0.3 is 0 Å². The van der Waals surface area contributed by atoms with E-state index in [0.717, 1.165) is 24.4 Å². The Morgan fingerprint density at radius 1 is 1.21 bits per heavy atom. The van der Waals surface area contributed by atoms with E-state index in [9.17, 15) is 8.78 Å². The molecule has 0 saturated carbocycles. The molecule has 124 valence electrons. The number of halogens is 2. The van der Waals surface area contributed by atoms with Gasteiger partial charge in [-0.2, -0.15) is 0 Å². The first-order valence-electron chi connectivity index (χ1n) is 7.59. The highest BCUT2D eigenvalue weighted by Gasteiger charge is 2.32. The lowest BCUT2D eigenvalue weighted by molar-refractivity contribution is 0.0983. The highest BCUT2D eigenvalue weighted by Crippen LogP contribution is 2.30. The molecule has 0 bridgehead atoms. The van der Waals surface area contributed by atoms with Crippen LogP contribution in [0.1, 0.15) is 18.3 Å². The van der Waals surface area contributed by atoms with Crippen molar-refractivity contribution < 1.29 is 13.5 Å². The van der Waals surface area contributed by atoms with Crippen LogP contribution in [0.5, 0.6) is 0 Å². The lowest BCUT2D eigenvalue weighted by Gasteiger charge is -2.20. The SMILES string of the molecule is Cn1ccnc1[C@H]1OCC[C@@H]1Nc1cnc2cc(F)c(F)cc2n1. The van der Waals surface area contributed by atoms with Crippen LogP contribution >= 0.6 is 0 Å². The zero-order valence-corrected chi connectivity index (χ0v) is 12.9. The molecule has 2 atom stereocenters. The molecule has 0 radical (unpaired) electrons. The minimum absolute atomic E-state index is 0.0249. The Bertz CT molecular complexity index is 897. The molecule has 1 aromatic carbocycles. The van der Waals surface area contributed by atoms with Crippen molar-refractivity contribution in [3.8, 4) is 0 Å². The maximum absolute atomic E-state index is 13.4. The third-order valence-corrected chi connectivity index (χ3v) is 4.12. The first-order chi connectivity index (χ1) is 11.6. The molecule has 0 unspecified atom stereocenters. The fraction of sp³-hybridized carbons (Fsp3) is 0.312. The van der Waals surface area contributed by atoms with Gasteiger partial charge in [-0.3, -0.25) is 4.98 Å². The minimum Gasteiger partial charge on any atom is -0.368 e. The van der Waals surface area contributed by atoms with Crippen molar-refractivity contribution in [3.05, 3.63) is 48.2 Å². The number of rotatable bonds is 3. The molecular formula is C16H15F2N5O. The molecule has 1 aliphatic heterocycles. The van der Waals surface area contributed by atoms with E-state index in [1.54, 1.807) is 6.20 Å². The van der Waals surface area contributed by atoms with E-state index in [2.05, 4.69) is 20.3 Å². The molecule has 1 saturated heterocycles. The second-order valence-electron chi connectivity index (χ2n) is 5.74. The van der Waals surface area contributed by atoms with Crippen LogP contribution in [0, 0.1) is 11.6 Å². The summed E-state index contributed by atoms with van der Waals surface area (Å²) in [5, 5.41) is 3.26. The molecule has 0 aliphatic carbocycles. The number of anilines is 1. The number of aromatic nitrogens is 4. The molecule has 0 amide bonds. The fourth-order valence-electron chi connectivity index (χ4n) is 2.91. The largest absolute Gasteiger partial charge is 0.368 e. The van der Waals surface area contributed by atoms with Crippen molar-refractivity contribution in [1.29, 1.82) is 0 Å². The van der Waals surface area contributed by atoms with Crippen molar-refractivity contribution in [2.75, 3.05) is 11.9 Å². The fourth-order valence-corrected chi connectivity index (χ4v) is 2.91. The van der Waals surface area contributed by atoms with E-state index in [-0.39, 0.29) is 12.1 Å². The summed E-state index contributed by atoms with van der Waals surface area (Å²) in [6, 6.07) is 2.06. The highest BCUT2D eigenvalue weighted by atomic mass is 19.2. The first kappa shape index (κ1) is 14.9. The van der Waals surface area contributed by atoms with Crippen LogP contribution in [0.25, 0.3) is 11.0 Å². The second-order valence-corrected chi connectivity index (χ2v) is 5.74. The smallest absolute Gasteiger partial charge is 0.161 e. The predicted molar refractivity (Wildman–Crippen MR) is 83.4 cm³/mol. The van der Waals surface area contributed by atoms with Crippen LogP contribution in [0.4, 0.5) is 14.6 Å². The molecule has 1 N–H and O–H groups in total. The number of hydrogen-bond donors (Lipinski definition) is 1. The Morgan fingerprint density at radius 2 is 2.00 bits per heavy atom. The molecule has 24 heavy (non-hydrogen) atoms. The van der Waals surface area contributed by atoms with Crippen molar-refractivity contribution in [1.82, 2.24) is 19.5 Å². The van der Waals surface area contributed by atoms with E-state index in [1.165, 1.54) is 6.20 Å². The Kier molecular flexibility index (Phi) is 3.61. The number of fused-ring (bicyclic) bond motifs is 1. The number of nitrogens with one attached hydrogen (secondary N) is 1. The Morgan fingerprint density at radius 3 is 2.75 bits per heavy atom. The van der Waals surface area contributed by atoms with Gasteiger partial charge in [-0.15, -0.1) is 0 Å². The third-order valence-electron chi connectivity index (χ3n) is 4.12. The van der Waals surface area contributed by atoms with Gasteiger partial charge in [-0.25, -0.2) is 18.7 Å². The summed E-state index contributed by atoms with van der Waals surface area (Å²) < 4.78 is 34.3. The van der Waals surface area contributed by atoms with E-state index in [1.807, 2.05) is 17.8 Å². The van der Waals surface area contributed by atoms with Crippen LogP contribution < -0.4 is 5.32 Å². The van der Waals surface area contributed by atoms with Crippen LogP contribution in [-0.4, -0.2) is 32.2 Å². The van der Waals surface area contributed by atoms with E-state index >= 15 is 0 Å². The van der Waals surface area contributed by atoms with Gasteiger partial charge in [0.2, 0.25) is 0 Å². The summed E-state index contributed by atoms with van der Waals surface area (Å²) >= 11 is 0. The Balaban J connectivity index is 1.61. The maximum atomic E-state index is 13.4. The zero-order chi connectivity index (χ0) is 16.7. The molecule has 6 nitrogen and oxygen atoms in total. The molecule has 3 aromatic rings. The van der Waals surface area contributed by atoms with E-state index in [4.69, 9.17) is 4.74 Å². The number of aryl methyl sites for hydroxylation is 1. The molecule has 1 aliphatic rings. The summed E-state index contributed by atoms with van der Waals surface area (Å²) in [6.45, 7) is 0.607. The van der Waals surface area contributed by atoms with Gasteiger partial charge < -0.3 is 14.6 Å². The molecule has 3 heterocycles. The van der Waals surface area contributed by atoms with E-state index in [0.29, 0.717) is 23.5 Å². The van der Waals surface area contributed by atoms with Gasteiger partial charge in [0.15, 0.2) is 11.6 Å². The summed E-state index contributed by atoms with van der Waals surface area (Å²) in [4.78, 5) is 12.8. The molecule has 0 spiro atoms. The molecule has 2 aromatic heterocycles. The summed E-state index contributed by atoms with van der Waals surface area (Å²) in [6.07, 6.45) is 5.68. The van der Waals surface area contributed by atoms with Crippen molar-refractivity contribution in [2.24, 2.45) is 7.05 Å². The standard InChI is InChI=1S/C16H15F2N5O/c1-23-4-3-19-16(23)15-11(2-5-24-15)21-14-8-20-12-6-9(17)10(18)7-13(12)22-14/h3-4,6-8,11,15H,2,5H2,1H3,(H,21,22)/t11-,15-/m0/s1. The average molecular weight is 331 g/mol. The number of ether oxygens (including phenoxy) is 1. The lowest BCUT2D eigenvalue weighted by Crippen LogP contribution is -2.25. The topological polar surface area (TPSA) is 64.9 Å². The van der Waals surface area contributed by atoms with E-state index < -0.39 is 11.6 Å². The van der Waals surface area contributed by atoms with Gasteiger partial charge in [0.05, 0.1) is 23.3 Å². The number of imidazole rings is 1. The van der Waals surface area contributed by atoms with Gasteiger partial charge in [-0.05, 0) is 6.42 Å². The average Bonchev–Trinajstić information content (AvgIpc) is 3.17. The number of nitrogens with zero attached hydrogens (tertiary/aromatic N) is 4. The van der Waals surface area contributed by atoms with Gasteiger partial charge in [0, 0.05) is 38.2 Å². The maximum Gasteiger partial charge on any atom is 0.161 e. The first-order valence-corrected chi connectivity index (χ1v) is 7.59. The molecule has 4 rings (SSSR count). The number of benzene rings is 1. The van der Waals surface area contributed by atoms with Crippen LogP contribution in [0.2, 0.25) is 0 Å². The normalized spacial score (nSPS) is 20.6. The zero-order valence-electron chi connectivity index (χ0n) is 12.9. The van der Waals surface area contributed by atoms with Crippen molar-refractivity contribution >= 4 is 16.9 Å².